The second-order valence-electron chi connectivity index (χ2n) is 4.98. The Labute approximate surface area is 122 Å². The lowest BCUT2D eigenvalue weighted by Crippen LogP contribution is -2.30. The van der Waals surface area contributed by atoms with Crippen molar-refractivity contribution in [3.8, 4) is 0 Å². The molecular weight excluding hydrogens is 274 g/mol. The third-order valence-corrected chi connectivity index (χ3v) is 3.07. The molecule has 2 N–H and O–H groups in total. The summed E-state index contributed by atoms with van der Waals surface area (Å²) >= 11 is 0. The summed E-state index contributed by atoms with van der Waals surface area (Å²) in [5.74, 6) is -1.87. The average Bonchev–Trinajstić information content (AvgIpc) is 2.45. The van der Waals surface area contributed by atoms with Crippen molar-refractivity contribution >= 4 is 11.6 Å². The van der Waals surface area contributed by atoms with Gasteiger partial charge in [0, 0.05) is 6.07 Å². The van der Waals surface area contributed by atoms with E-state index in [1.807, 2.05) is 24.3 Å². The highest BCUT2D eigenvalue weighted by molar-refractivity contribution is 5.95. The molecule has 0 saturated carbocycles. The molecule has 0 saturated heterocycles. The summed E-state index contributed by atoms with van der Waals surface area (Å²) < 4.78 is 26.2. The van der Waals surface area contributed by atoms with E-state index in [2.05, 4.69) is 24.7 Å². The molecule has 0 atom stereocenters. The highest BCUT2D eigenvalue weighted by atomic mass is 19.1. The Bertz CT molecular complexity index is 639. The van der Waals surface area contributed by atoms with Crippen molar-refractivity contribution in [3.63, 3.8) is 0 Å². The van der Waals surface area contributed by atoms with Gasteiger partial charge in [0.2, 0.25) is 0 Å². The van der Waals surface area contributed by atoms with Crippen molar-refractivity contribution in [2.45, 2.75) is 19.8 Å². The lowest BCUT2D eigenvalue weighted by molar-refractivity contribution is 0.0958. The van der Waals surface area contributed by atoms with Gasteiger partial charge in [-0.25, -0.2) is 8.78 Å². The van der Waals surface area contributed by atoms with Crippen LogP contribution in [0.4, 0.5) is 14.5 Å². The Morgan fingerprint density at radius 2 is 1.71 bits per heavy atom. The Kier molecular flexibility index (Phi) is 4.52. The molecule has 1 amide bonds. The van der Waals surface area contributed by atoms with Crippen molar-refractivity contribution in [3.05, 3.63) is 65.2 Å². The summed E-state index contributed by atoms with van der Waals surface area (Å²) in [5.41, 5.74) is 6.70. The monoisotopic (exact) mass is 290 g/mol. The summed E-state index contributed by atoms with van der Waals surface area (Å²) in [6.07, 6.45) is 0. The first-order valence-corrected chi connectivity index (χ1v) is 6.58. The third-order valence-electron chi connectivity index (χ3n) is 3.07. The summed E-state index contributed by atoms with van der Waals surface area (Å²) in [4.78, 5) is 11.8. The van der Waals surface area contributed by atoms with Crippen molar-refractivity contribution < 1.29 is 13.6 Å². The Morgan fingerprint density at radius 3 is 2.29 bits per heavy atom. The molecular formula is C16H16F2N2O. The third kappa shape index (κ3) is 3.78. The molecule has 0 spiro atoms. The van der Waals surface area contributed by atoms with E-state index in [1.54, 1.807) is 0 Å². The molecule has 0 fully saturated rings. The zero-order valence-corrected chi connectivity index (χ0v) is 11.8. The van der Waals surface area contributed by atoms with Gasteiger partial charge in [-0.2, -0.15) is 0 Å². The molecule has 2 rings (SSSR count). The van der Waals surface area contributed by atoms with E-state index in [0.29, 0.717) is 17.7 Å². The number of benzene rings is 2. The molecule has 0 unspecified atom stereocenters. The van der Waals surface area contributed by atoms with Crippen LogP contribution in [0.1, 0.15) is 35.7 Å². The van der Waals surface area contributed by atoms with Gasteiger partial charge < -0.3 is 0 Å². The minimum Gasteiger partial charge on any atom is -0.298 e. The van der Waals surface area contributed by atoms with Crippen LogP contribution in [0.2, 0.25) is 0 Å². The molecule has 0 heterocycles. The molecule has 5 heteroatoms. The van der Waals surface area contributed by atoms with E-state index in [4.69, 9.17) is 0 Å². The van der Waals surface area contributed by atoms with E-state index < -0.39 is 17.5 Å². The normalized spacial score (nSPS) is 10.5. The van der Waals surface area contributed by atoms with Gasteiger partial charge in [-0.15, -0.1) is 0 Å². The molecule has 0 aliphatic rings. The highest BCUT2D eigenvalue weighted by Crippen LogP contribution is 2.16. The van der Waals surface area contributed by atoms with Crippen molar-refractivity contribution in [2.24, 2.45) is 0 Å². The van der Waals surface area contributed by atoms with E-state index in [0.717, 1.165) is 12.1 Å². The van der Waals surface area contributed by atoms with Crippen LogP contribution in [0.25, 0.3) is 0 Å². The van der Waals surface area contributed by atoms with Gasteiger partial charge in [0.25, 0.3) is 5.91 Å². The number of hydrogen-bond donors (Lipinski definition) is 2. The SMILES string of the molecule is CC(C)c1ccc(NNC(=O)c2ccc(F)cc2F)cc1. The highest BCUT2D eigenvalue weighted by Gasteiger charge is 2.12. The maximum atomic E-state index is 13.4. The number of amides is 1. The molecule has 0 radical (unpaired) electrons. The fraction of sp³-hybridized carbons (Fsp3) is 0.188. The van der Waals surface area contributed by atoms with E-state index in [9.17, 15) is 13.6 Å². The number of anilines is 1. The van der Waals surface area contributed by atoms with Gasteiger partial charge in [0.15, 0.2) is 0 Å². The first-order chi connectivity index (χ1) is 9.97. The van der Waals surface area contributed by atoms with Crippen LogP contribution in [0.3, 0.4) is 0 Å². The largest absolute Gasteiger partial charge is 0.298 e. The second-order valence-corrected chi connectivity index (χ2v) is 4.98. The zero-order chi connectivity index (χ0) is 15.4. The molecule has 0 bridgehead atoms. The minimum absolute atomic E-state index is 0.220. The van der Waals surface area contributed by atoms with Crippen LogP contribution in [0.15, 0.2) is 42.5 Å². The van der Waals surface area contributed by atoms with Gasteiger partial charge in [0.05, 0.1) is 11.3 Å². The minimum atomic E-state index is -0.899. The molecule has 2 aromatic rings. The van der Waals surface area contributed by atoms with E-state index in [1.165, 1.54) is 5.56 Å². The fourth-order valence-corrected chi connectivity index (χ4v) is 1.82. The van der Waals surface area contributed by atoms with Crippen LogP contribution < -0.4 is 10.9 Å². The van der Waals surface area contributed by atoms with Gasteiger partial charge in [-0.3, -0.25) is 15.6 Å². The Morgan fingerprint density at radius 1 is 1.05 bits per heavy atom. The summed E-state index contributed by atoms with van der Waals surface area (Å²) in [6, 6.07) is 10.3. The van der Waals surface area contributed by atoms with Gasteiger partial charge in [-0.05, 0) is 35.7 Å². The molecule has 3 nitrogen and oxygen atoms in total. The topological polar surface area (TPSA) is 41.1 Å². The Hall–Kier alpha value is -2.43. The molecule has 110 valence electrons. The quantitative estimate of drug-likeness (QED) is 0.840. The van der Waals surface area contributed by atoms with Crippen LogP contribution in [-0.4, -0.2) is 5.91 Å². The molecule has 0 aliphatic carbocycles. The number of halogens is 2. The smallest absolute Gasteiger partial charge is 0.272 e. The number of nitrogens with one attached hydrogen (secondary N) is 2. The van der Waals surface area contributed by atoms with Crippen LogP contribution >= 0.6 is 0 Å². The Balaban J connectivity index is 2.00. The van der Waals surface area contributed by atoms with E-state index in [-0.39, 0.29) is 5.56 Å². The number of carbonyl (C=O) groups excluding carboxylic acids is 1. The van der Waals surface area contributed by atoms with E-state index >= 15 is 0 Å². The van der Waals surface area contributed by atoms with Crippen LogP contribution in [-0.2, 0) is 0 Å². The number of hydrogen-bond acceptors (Lipinski definition) is 2. The number of rotatable bonds is 4. The van der Waals surface area contributed by atoms with Crippen LogP contribution in [0, 0.1) is 11.6 Å². The van der Waals surface area contributed by atoms with Crippen molar-refractivity contribution in [2.75, 3.05) is 5.43 Å². The molecule has 21 heavy (non-hydrogen) atoms. The van der Waals surface area contributed by atoms with Gasteiger partial charge >= 0.3 is 0 Å². The van der Waals surface area contributed by atoms with Crippen molar-refractivity contribution in [1.29, 1.82) is 0 Å². The molecule has 0 aromatic heterocycles. The fourth-order valence-electron chi connectivity index (χ4n) is 1.82. The zero-order valence-electron chi connectivity index (χ0n) is 11.8. The lowest BCUT2D eigenvalue weighted by Gasteiger charge is -2.11. The molecule has 0 aliphatic heterocycles. The second kappa shape index (κ2) is 6.35. The van der Waals surface area contributed by atoms with Gasteiger partial charge in [-0.1, -0.05) is 26.0 Å². The predicted molar refractivity (Wildman–Crippen MR) is 78.0 cm³/mol. The summed E-state index contributed by atoms with van der Waals surface area (Å²) in [5, 5.41) is 0. The first-order valence-electron chi connectivity index (χ1n) is 6.58. The molecule has 2 aromatic carbocycles. The van der Waals surface area contributed by atoms with Crippen LogP contribution in [0.5, 0.6) is 0 Å². The predicted octanol–water partition coefficient (Wildman–Crippen LogP) is 3.85. The summed E-state index contributed by atoms with van der Waals surface area (Å²) in [6.45, 7) is 4.17. The lowest BCUT2D eigenvalue weighted by atomic mass is 10.0. The average molecular weight is 290 g/mol. The maximum absolute atomic E-state index is 13.4. The van der Waals surface area contributed by atoms with Gasteiger partial charge in [0.1, 0.15) is 11.6 Å². The maximum Gasteiger partial charge on any atom is 0.272 e. The number of carbonyl (C=O) groups is 1. The number of hydrazine groups is 1. The standard InChI is InChI=1S/C16H16F2N2O/c1-10(2)11-3-6-13(7-4-11)19-20-16(21)14-8-5-12(17)9-15(14)18/h3-10,19H,1-2H3,(H,20,21). The first kappa shape index (κ1) is 15.0. The van der Waals surface area contributed by atoms with Crippen molar-refractivity contribution in [1.82, 2.24) is 5.43 Å². The summed E-state index contributed by atoms with van der Waals surface area (Å²) in [7, 11) is 0.